The maximum atomic E-state index is 11.9. The van der Waals surface area contributed by atoms with E-state index in [0.29, 0.717) is 19.3 Å². The molecule has 0 bridgehead atoms. The Labute approximate surface area is 125 Å². The summed E-state index contributed by atoms with van der Waals surface area (Å²) in [4.78, 5) is 22.8. The van der Waals surface area contributed by atoms with Gasteiger partial charge in [-0.05, 0) is 43.2 Å². The fourth-order valence-corrected chi connectivity index (χ4v) is 2.84. The zero-order valence-corrected chi connectivity index (χ0v) is 12.5. The van der Waals surface area contributed by atoms with Gasteiger partial charge in [-0.25, -0.2) is 0 Å². The molecular weight excluding hydrogens is 266 g/mol. The van der Waals surface area contributed by atoms with E-state index in [1.165, 1.54) is 5.56 Å². The van der Waals surface area contributed by atoms with Crippen LogP contribution in [0.1, 0.15) is 43.7 Å². The molecule has 0 saturated heterocycles. The van der Waals surface area contributed by atoms with Crippen LogP contribution in [0.4, 0.5) is 0 Å². The molecule has 1 amide bonds. The van der Waals surface area contributed by atoms with Crippen LogP contribution in [-0.4, -0.2) is 23.0 Å². The van der Waals surface area contributed by atoms with Crippen LogP contribution < -0.4 is 5.32 Å². The average Bonchev–Trinajstić information content (AvgIpc) is 2.94. The molecule has 0 unspecified atom stereocenters. The number of benzene rings is 1. The summed E-state index contributed by atoms with van der Waals surface area (Å²) in [5, 5.41) is 11.9. The largest absolute Gasteiger partial charge is 0.481 e. The highest BCUT2D eigenvalue weighted by Crippen LogP contribution is 2.25. The monoisotopic (exact) mass is 289 g/mol. The van der Waals surface area contributed by atoms with Gasteiger partial charge in [0.25, 0.3) is 0 Å². The van der Waals surface area contributed by atoms with E-state index in [1.54, 1.807) is 0 Å². The van der Waals surface area contributed by atoms with Crippen molar-refractivity contribution >= 4 is 11.9 Å². The maximum Gasteiger partial charge on any atom is 0.306 e. The molecule has 0 aliphatic heterocycles. The number of hydrogen-bond acceptors (Lipinski definition) is 2. The number of carbonyl (C=O) groups excluding carboxylic acids is 1. The molecule has 1 aliphatic rings. The number of aryl methyl sites for hydroxylation is 2. The molecule has 2 rings (SSSR count). The normalized spacial score (nSPS) is 21.2. The molecule has 4 heteroatoms. The predicted molar refractivity (Wildman–Crippen MR) is 81.0 cm³/mol. The van der Waals surface area contributed by atoms with Gasteiger partial charge in [-0.1, -0.05) is 31.2 Å². The standard InChI is InChI=1S/C17H23NO3/c1-2-12-3-5-13(6-4-12)7-10-16(19)18-15-9-8-14(11-15)17(20)21/h3-6,14-15H,2,7-11H2,1H3,(H,18,19)(H,20,21)/t14-,15+/m1/s1. The number of nitrogens with one attached hydrogen (secondary N) is 1. The molecule has 2 N–H and O–H groups in total. The van der Waals surface area contributed by atoms with E-state index in [9.17, 15) is 9.59 Å². The second-order valence-electron chi connectivity index (χ2n) is 5.78. The van der Waals surface area contributed by atoms with Gasteiger partial charge in [0.1, 0.15) is 0 Å². The molecule has 1 aromatic carbocycles. The molecule has 0 radical (unpaired) electrons. The summed E-state index contributed by atoms with van der Waals surface area (Å²) in [6.07, 6.45) is 4.21. The number of amides is 1. The first-order valence-corrected chi connectivity index (χ1v) is 7.68. The Morgan fingerprint density at radius 3 is 2.43 bits per heavy atom. The minimum absolute atomic E-state index is 0.0191. The molecule has 4 nitrogen and oxygen atoms in total. The summed E-state index contributed by atoms with van der Waals surface area (Å²) in [6.45, 7) is 2.12. The van der Waals surface area contributed by atoms with Crippen molar-refractivity contribution in [2.75, 3.05) is 0 Å². The first-order valence-electron chi connectivity index (χ1n) is 7.68. The van der Waals surface area contributed by atoms with Gasteiger partial charge in [0.2, 0.25) is 5.91 Å². The Bertz CT molecular complexity index is 495. The average molecular weight is 289 g/mol. The fourth-order valence-electron chi connectivity index (χ4n) is 2.84. The summed E-state index contributed by atoms with van der Waals surface area (Å²) >= 11 is 0. The molecule has 21 heavy (non-hydrogen) atoms. The van der Waals surface area contributed by atoms with Crippen molar-refractivity contribution in [2.45, 2.75) is 51.5 Å². The minimum Gasteiger partial charge on any atom is -0.481 e. The lowest BCUT2D eigenvalue weighted by molar-refractivity contribution is -0.141. The van der Waals surface area contributed by atoms with Crippen LogP contribution in [0.2, 0.25) is 0 Å². The van der Waals surface area contributed by atoms with Gasteiger partial charge in [-0.15, -0.1) is 0 Å². The SMILES string of the molecule is CCc1ccc(CCC(=O)N[C@H]2CC[C@@H](C(=O)O)C2)cc1. The highest BCUT2D eigenvalue weighted by molar-refractivity contribution is 5.77. The highest BCUT2D eigenvalue weighted by Gasteiger charge is 2.30. The van der Waals surface area contributed by atoms with E-state index >= 15 is 0 Å². The van der Waals surface area contributed by atoms with E-state index in [0.717, 1.165) is 24.8 Å². The number of carboxylic acids is 1. The lowest BCUT2D eigenvalue weighted by Crippen LogP contribution is -2.33. The van der Waals surface area contributed by atoms with Crippen molar-refractivity contribution in [3.63, 3.8) is 0 Å². The van der Waals surface area contributed by atoms with Crippen molar-refractivity contribution in [1.29, 1.82) is 0 Å². The first kappa shape index (κ1) is 15.5. The van der Waals surface area contributed by atoms with Crippen LogP contribution in [0.3, 0.4) is 0 Å². The van der Waals surface area contributed by atoms with Gasteiger partial charge < -0.3 is 10.4 Å². The van der Waals surface area contributed by atoms with Crippen LogP contribution in [0.5, 0.6) is 0 Å². The smallest absolute Gasteiger partial charge is 0.306 e. The molecule has 114 valence electrons. The van der Waals surface area contributed by atoms with Crippen LogP contribution in [0.25, 0.3) is 0 Å². The Hall–Kier alpha value is -1.84. The fraction of sp³-hybridized carbons (Fsp3) is 0.529. The van der Waals surface area contributed by atoms with Crippen molar-refractivity contribution in [3.05, 3.63) is 35.4 Å². The van der Waals surface area contributed by atoms with E-state index in [2.05, 4.69) is 36.5 Å². The third kappa shape index (κ3) is 4.59. The Morgan fingerprint density at radius 2 is 1.86 bits per heavy atom. The molecule has 0 spiro atoms. The van der Waals surface area contributed by atoms with E-state index in [-0.39, 0.29) is 17.9 Å². The third-order valence-electron chi connectivity index (χ3n) is 4.22. The van der Waals surface area contributed by atoms with Crippen molar-refractivity contribution in [3.8, 4) is 0 Å². The number of aliphatic carboxylic acids is 1. The van der Waals surface area contributed by atoms with Gasteiger partial charge in [0, 0.05) is 12.5 Å². The molecule has 1 aliphatic carbocycles. The lowest BCUT2D eigenvalue weighted by Gasteiger charge is -2.12. The molecular formula is C17H23NO3. The summed E-state index contributed by atoms with van der Waals surface area (Å²) < 4.78 is 0. The molecule has 2 atom stereocenters. The second kappa shape index (κ2) is 7.25. The highest BCUT2D eigenvalue weighted by atomic mass is 16.4. The second-order valence-corrected chi connectivity index (χ2v) is 5.78. The van der Waals surface area contributed by atoms with E-state index < -0.39 is 5.97 Å². The Balaban J connectivity index is 1.73. The van der Waals surface area contributed by atoms with Crippen LogP contribution >= 0.6 is 0 Å². The van der Waals surface area contributed by atoms with Gasteiger partial charge in [0.15, 0.2) is 0 Å². The summed E-state index contributed by atoms with van der Waals surface area (Å²) in [6, 6.07) is 8.37. The maximum absolute atomic E-state index is 11.9. The molecule has 1 saturated carbocycles. The Kier molecular flexibility index (Phi) is 5.37. The zero-order valence-electron chi connectivity index (χ0n) is 12.5. The predicted octanol–water partition coefficient (Wildman–Crippen LogP) is 2.55. The van der Waals surface area contributed by atoms with Gasteiger partial charge in [0.05, 0.1) is 5.92 Å². The van der Waals surface area contributed by atoms with Crippen molar-refractivity contribution in [2.24, 2.45) is 5.92 Å². The number of rotatable bonds is 6. The zero-order chi connectivity index (χ0) is 15.2. The van der Waals surface area contributed by atoms with Crippen molar-refractivity contribution < 1.29 is 14.7 Å². The molecule has 0 heterocycles. The van der Waals surface area contributed by atoms with E-state index in [1.807, 2.05) is 0 Å². The quantitative estimate of drug-likeness (QED) is 0.845. The van der Waals surface area contributed by atoms with Crippen LogP contribution in [0, 0.1) is 5.92 Å². The van der Waals surface area contributed by atoms with Gasteiger partial charge in [-0.3, -0.25) is 9.59 Å². The first-order chi connectivity index (χ1) is 10.1. The lowest BCUT2D eigenvalue weighted by atomic mass is 10.1. The minimum atomic E-state index is -0.747. The summed E-state index contributed by atoms with van der Waals surface area (Å²) in [5.41, 5.74) is 2.46. The Morgan fingerprint density at radius 1 is 1.19 bits per heavy atom. The number of hydrogen-bond donors (Lipinski definition) is 2. The third-order valence-corrected chi connectivity index (χ3v) is 4.22. The van der Waals surface area contributed by atoms with Gasteiger partial charge in [-0.2, -0.15) is 0 Å². The molecule has 0 aromatic heterocycles. The summed E-state index contributed by atoms with van der Waals surface area (Å²) in [5.74, 6) is -1.02. The van der Waals surface area contributed by atoms with Crippen LogP contribution in [0.15, 0.2) is 24.3 Å². The van der Waals surface area contributed by atoms with Crippen LogP contribution in [-0.2, 0) is 22.4 Å². The topological polar surface area (TPSA) is 66.4 Å². The number of carbonyl (C=O) groups is 2. The number of carboxylic acid groups (broad SMARTS) is 1. The molecule has 1 fully saturated rings. The summed E-state index contributed by atoms with van der Waals surface area (Å²) in [7, 11) is 0. The van der Waals surface area contributed by atoms with Gasteiger partial charge >= 0.3 is 5.97 Å². The van der Waals surface area contributed by atoms with E-state index in [4.69, 9.17) is 5.11 Å². The molecule has 1 aromatic rings. The van der Waals surface area contributed by atoms with Crippen molar-refractivity contribution in [1.82, 2.24) is 5.32 Å².